The molecular weight excluding hydrogens is 280 g/mol. The molecular formula is C22H28O. The van der Waals surface area contributed by atoms with Gasteiger partial charge < -0.3 is 5.11 Å². The van der Waals surface area contributed by atoms with Gasteiger partial charge in [-0.15, -0.1) is 5.92 Å². The Balaban J connectivity index is 1.71. The summed E-state index contributed by atoms with van der Waals surface area (Å²) in [6, 6.07) is 6.08. The van der Waals surface area contributed by atoms with Crippen molar-refractivity contribution in [1.29, 1.82) is 0 Å². The maximum absolute atomic E-state index is 9.79. The number of phenolic OH excluding ortho intramolecular Hbond substituents is 1. The molecule has 1 N–H and O–H groups in total. The van der Waals surface area contributed by atoms with Gasteiger partial charge in [-0.3, -0.25) is 0 Å². The second kappa shape index (κ2) is 5.04. The van der Waals surface area contributed by atoms with Gasteiger partial charge in [0.2, 0.25) is 0 Å². The van der Waals surface area contributed by atoms with Crippen LogP contribution in [0.5, 0.6) is 5.75 Å². The predicted octanol–water partition coefficient (Wildman–Crippen LogP) is 5.28. The van der Waals surface area contributed by atoms with Crippen molar-refractivity contribution < 1.29 is 5.11 Å². The summed E-state index contributed by atoms with van der Waals surface area (Å²) < 4.78 is 0. The fourth-order valence-electron chi connectivity index (χ4n) is 6.32. The smallest absolute Gasteiger partial charge is 0.115 e. The Bertz CT molecular complexity index is 694. The molecule has 0 bridgehead atoms. The summed E-state index contributed by atoms with van der Waals surface area (Å²) in [5, 5.41) is 9.79. The molecule has 1 nitrogen and oxygen atoms in total. The van der Waals surface area contributed by atoms with Crippen molar-refractivity contribution in [3.05, 3.63) is 29.3 Å². The Morgan fingerprint density at radius 3 is 2.74 bits per heavy atom. The van der Waals surface area contributed by atoms with Crippen LogP contribution in [0.25, 0.3) is 0 Å². The van der Waals surface area contributed by atoms with Gasteiger partial charge in [-0.2, -0.15) is 0 Å². The molecule has 122 valence electrons. The van der Waals surface area contributed by atoms with Gasteiger partial charge in [0, 0.05) is 5.41 Å². The summed E-state index contributed by atoms with van der Waals surface area (Å²) in [4.78, 5) is 0. The van der Waals surface area contributed by atoms with Crippen LogP contribution in [0.15, 0.2) is 18.2 Å². The Hall–Kier alpha value is -1.42. The van der Waals surface area contributed by atoms with Crippen molar-refractivity contribution in [2.75, 3.05) is 0 Å². The van der Waals surface area contributed by atoms with E-state index in [0.717, 1.165) is 18.3 Å². The van der Waals surface area contributed by atoms with Gasteiger partial charge in [-0.25, -0.2) is 0 Å². The molecule has 5 atom stereocenters. The lowest BCUT2D eigenvalue weighted by molar-refractivity contribution is 0.00882. The van der Waals surface area contributed by atoms with E-state index in [2.05, 4.69) is 31.8 Å². The third-order valence-electron chi connectivity index (χ3n) is 7.72. The molecule has 2 saturated carbocycles. The zero-order valence-corrected chi connectivity index (χ0v) is 14.7. The van der Waals surface area contributed by atoms with Crippen LogP contribution in [0.2, 0.25) is 0 Å². The Labute approximate surface area is 140 Å². The molecule has 3 aliphatic carbocycles. The van der Waals surface area contributed by atoms with E-state index in [1.165, 1.54) is 43.2 Å². The van der Waals surface area contributed by atoms with Crippen LogP contribution in [0.3, 0.4) is 0 Å². The Morgan fingerprint density at radius 1 is 1.13 bits per heavy atom. The molecule has 23 heavy (non-hydrogen) atoms. The first-order valence-corrected chi connectivity index (χ1v) is 9.24. The van der Waals surface area contributed by atoms with Crippen LogP contribution in [0.1, 0.15) is 69.9 Å². The van der Waals surface area contributed by atoms with Crippen LogP contribution >= 0.6 is 0 Å². The molecule has 0 radical (unpaired) electrons. The maximum Gasteiger partial charge on any atom is 0.115 e. The van der Waals surface area contributed by atoms with Gasteiger partial charge in [0.1, 0.15) is 5.75 Å². The van der Waals surface area contributed by atoms with Gasteiger partial charge in [-0.1, -0.05) is 18.9 Å². The van der Waals surface area contributed by atoms with Crippen molar-refractivity contribution in [3.8, 4) is 17.6 Å². The van der Waals surface area contributed by atoms with Gasteiger partial charge >= 0.3 is 0 Å². The molecule has 3 aliphatic rings. The van der Waals surface area contributed by atoms with Crippen LogP contribution in [-0.2, 0) is 6.42 Å². The van der Waals surface area contributed by atoms with E-state index >= 15 is 0 Å². The molecule has 0 saturated heterocycles. The van der Waals surface area contributed by atoms with Crippen molar-refractivity contribution >= 4 is 0 Å². The lowest BCUT2D eigenvalue weighted by Crippen LogP contribution is -2.45. The number of fused-ring (bicyclic) bond motifs is 5. The predicted molar refractivity (Wildman–Crippen MR) is 94.3 cm³/mol. The lowest BCUT2D eigenvalue weighted by atomic mass is 9.51. The number of rotatable bonds is 0. The SMILES string of the molecule is CC#C[C@@]1(C)CC[C@H]2[C@@H]3CCc4cc(O)ccc4[C@H]3CC[C@@]21C. The molecule has 2 fully saturated rings. The first-order valence-electron chi connectivity index (χ1n) is 9.24. The van der Waals surface area contributed by atoms with Gasteiger partial charge in [0.25, 0.3) is 0 Å². The fraction of sp³-hybridized carbons (Fsp3) is 0.636. The second-order valence-corrected chi connectivity index (χ2v) is 8.50. The van der Waals surface area contributed by atoms with E-state index in [4.69, 9.17) is 0 Å². The largest absolute Gasteiger partial charge is 0.508 e. The molecule has 1 aromatic carbocycles. The zero-order chi connectivity index (χ0) is 16.2. The van der Waals surface area contributed by atoms with Crippen LogP contribution in [0, 0.1) is 34.5 Å². The number of aromatic hydroxyl groups is 1. The van der Waals surface area contributed by atoms with E-state index in [0.29, 0.717) is 17.1 Å². The Kier molecular flexibility index (Phi) is 3.31. The Morgan fingerprint density at radius 2 is 1.96 bits per heavy atom. The summed E-state index contributed by atoms with van der Waals surface area (Å²) in [5.74, 6) is 9.58. The number of hydrogen-bond donors (Lipinski definition) is 1. The van der Waals surface area contributed by atoms with Crippen LogP contribution in [0.4, 0.5) is 0 Å². The van der Waals surface area contributed by atoms with E-state index in [9.17, 15) is 5.11 Å². The highest BCUT2D eigenvalue weighted by molar-refractivity contribution is 5.40. The van der Waals surface area contributed by atoms with Crippen LogP contribution < -0.4 is 0 Å². The molecule has 0 spiro atoms. The monoisotopic (exact) mass is 308 g/mol. The van der Waals surface area contributed by atoms with Crippen molar-refractivity contribution in [2.24, 2.45) is 22.7 Å². The lowest BCUT2D eigenvalue weighted by Gasteiger charge is -2.53. The molecule has 0 aromatic heterocycles. The molecule has 0 amide bonds. The standard InChI is InChI=1S/C22H28O/c1-4-11-21(2)12-10-20-19-7-5-15-14-16(23)6-8-17(15)18(19)9-13-22(20,21)3/h6,8,14,18-20,23H,5,7,9-10,12-13H2,1-3H3/t18-,19-,20+,21+,22+/m1/s1. The summed E-state index contributed by atoms with van der Waals surface area (Å²) in [6.07, 6.45) is 7.61. The van der Waals surface area contributed by atoms with Crippen molar-refractivity contribution in [2.45, 2.75) is 65.2 Å². The first kappa shape index (κ1) is 15.1. The van der Waals surface area contributed by atoms with Crippen LogP contribution in [-0.4, -0.2) is 5.11 Å². The van der Waals surface area contributed by atoms with E-state index in [1.54, 1.807) is 0 Å². The number of phenols is 1. The summed E-state index contributed by atoms with van der Waals surface area (Å²) in [6.45, 7) is 6.94. The van der Waals surface area contributed by atoms with Gasteiger partial charge in [0.15, 0.2) is 0 Å². The highest BCUT2D eigenvalue weighted by atomic mass is 16.3. The minimum absolute atomic E-state index is 0.201. The van der Waals surface area contributed by atoms with Crippen molar-refractivity contribution in [1.82, 2.24) is 0 Å². The third kappa shape index (κ3) is 2.00. The maximum atomic E-state index is 9.79. The molecule has 1 aromatic rings. The average molecular weight is 308 g/mol. The molecule has 1 heteroatoms. The highest BCUT2D eigenvalue weighted by Crippen LogP contribution is 2.67. The average Bonchev–Trinajstić information content (AvgIpc) is 2.79. The zero-order valence-electron chi connectivity index (χ0n) is 14.7. The molecule has 0 unspecified atom stereocenters. The summed E-state index contributed by atoms with van der Waals surface area (Å²) in [5.41, 5.74) is 3.50. The fourth-order valence-corrected chi connectivity index (χ4v) is 6.32. The van der Waals surface area contributed by atoms with E-state index in [1.807, 2.05) is 19.1 Å². The van der Waals surface area contributed by atoms with Gasteiger partial charge in [-0.05, 0) is 98.8 Å². The van der Waals surface area contributed by atoms with E-state index in [-0.39, 0.29) is 5.41 Å². The minimum atomic E-state index is 0.201. The number of benzene rings is 1. The second-order valence-electron chi connectivity index (χ2n) is 8.50. The third-order valence-corrected chi connectivity index (χ3v) is 7.72. The molecule has 4 rings (SSSR count). The number of aryl methyl sites for hydroxylation is 1. The topological polar surface area (TPSA) is 20.2 Å². The van der Waals surface area contributed by atoms with E-state index < -0.39 is 0 Å². The minimum Gasteiger partial charge on any atom is -0.508 e. The quantitative estimate of drug-likeness (QED) is 0.647. The van der Waals surface area contributed by atoms with Gasteiger partial charge in [0.05, 0.1) is 0 Å². The molecule has 0 heterocycles. The first-order chi connectivity index (χ1) is 11.0. The van der Waals surface area contributed by atoms with Crippen molar-refractivity contribution in [3.63, 3.8) is 0 Å². The number of hydrogen-bond acceptors (Lipinski definition) is 1. The summed E-state index contributed by atoms with van der Waals surface area (Å²) in [7, 11) is 0. The summed E-state index contributed by atoms with van der Waals surface area (Å²) >= 11 is 0. The highest BCUT2D eigenvalue weighted by Gasteiger charge is 2.59. The normalized spacial score (nSPS) is 41.3. The molecule has 0 aliphatic heterocycles.